The molecule has 0 spiro atoms. The van der Waals surface area contributed by atoms with Gasteiger partial charge in [-0.25, -0.2) is 9.36 Å². The third-order valence-corrected chi connectivity index (χ3v) is 7.81. The van der Waals surface area contributed by atoms with Gasteiger partial charge in [0.2, 0.25) is 0 Å². The lowest BCUT2D eigenvalue weighted by Gasteiger charge is -2.32. The van der Waals surface area contributed by atoms with E-state index in [9.17, 15) is 14.5 Å². The number of hydrogen-bond donors (Lipinski definition) is 1. The molecule has 2 aliphatic rings. The molecule has 1 aromatic rings. The topological polar surface area (TPSA) is 94.5 Å². The van der Waals surface area contributed by atoms with E-state index >= 15 is 0 Å². The Bertz CT molecular complexity index is 1020. The number of carbonyl (C=O) groups is 1. The van der Waals surface area contributed by atoms with Crippen LogP contribution in [0, 0.1) is 5.92 Å². The number of aromatic hydroxyl groups is 1. The zero-order chi connectivity index (χ0) is 25.8. The summed E-state index contributed by atoms with van der Waals surface area (Å²) in [4.78, 5) is 14.9. The van der Waals surface area contributed by atoms with Crippen LogP contribution in [0.15, 0.2) is 35.9 Å². The van der Waals surface area contributed by atoms with Gasteiger partial charge >= 0.3 is 13.8 Å². The van der Waals surface area contributed by atoms with Crippen molar-refractivity contribution >= 4 is 13.8 Å². The highest BCUT2D eigenvalue weighted by atomic mass is 31.2. The summed E-state index contributed by atoms with van der Waals surface area (Å²) in [5.41, 5.74) is 3.64. The molecule has 194 valence electrons. The summed E-state index contributed by atoms with van der Waals surface area (Å²) in [5.74, 6) is -0.449. The van der Waals surface area contributed by atoms with Crippen molar-refractivity contribution in [3.63, 3.8) is 0 Å². The number of esters is 1. The average Bonchev–Trinajstić information content (AvgIpc) is 3.15. The first-order valence-electron chi connectivity index (χ1n) is 12.2. The monoisotopic (exact) mass is 507 g/mol. The predicted octanol–water partition coefficient (Wildman–Crippen LogP) is 5.37. The molecule has 1 aromatic carbocycles. The number of phenols is 1. The Morgan fingerprint density at radius 3 is 2.74 bits per heavy atom. The molecule has 1 aliphatic heterocycles. The summed E-state index contributed by atoms with van der Waals surface area (Å²) in [7, 11) is -0.122. The third-order valence-electron chi connectivity index (χ3n) is 6.33. The number of hydrogen-bond acceptors (Lipinski definition) is 8. The Labute approximate surface area is 208 Å². The van der Waals surface area contributed by atoms with Gasteiger partial charge in [-0.05, 0) is 70.8 Å². The van der Waals surface area contributed by atoms with Gasteiger partial charge in [0.25, 0.3) is 0 Å². The molecule has 1 heterocycles. The fraction of sp³-hybridized carbons (Fsp3) is 0.577. The van der Waals surface area contributed by atoms with Gasteiger partial charge in [0.15, 0.2) is 6.10 Å². The molecule has 9 heteroatoms. The minimum atomic E-state index is -3.84. The van der Waals surface area contributed by atoms with Gasteiger partial charge in [-0.2, -0.15) is 0 Å². The zero-order valence-electron chi connectivity index (χ0n) is 21.4. The molecule has 1 N–H and O–H groups in total. The van der Waals surface area contributed by atoms with Crippen molar-refractivity contribution < 1.29 is 32.8 Å². The largest absolute Gasteiger partial charge is 0.507 e. The highest BCUT2D eigenvalue weighted by Gasteiger charge is 2.44. The van der Waals surface area contributed by atoms with Crippen LogP contribution in [0.25, 0.3) is 0 Å². The maximum atomic E-state index is 13.1. The van der Waals surface area contributed by atoms with Crippen LogP contribution in [-0.4, -0.2) is 55.9 Å². The third kappa shape index (κ3) is 7.05. The van der Waals surface area contributed by atoms with Crippen molar-refractivity contribution in [2.45, 2.75) is 58.5 Å². The average molecular weight is 508 g/mol. The first-order chi connectivity index (χ1) is 16.5. The Hall–Kier alpha value is -1.96. The SMILES string of the molecule is C=C(C)[C@@H]1CCC(C)=C[C@H]1c1c(O)cc(CCC)cc1OC(=O)C1COP(=O)(OCCN(C)C)O1. The molecule has 4 atom stereocenters. The number of rotatable bonds is 10. The minimum Gasteiger partial charge on any atom is -0.507 e. The van der Waals surface area contributed by atoms with Crippen LogP contribution in [0.5, 0.6) is 11.5 Å². The Balaban J connectivity index is 1.87. The van der Waals surface area contributed by atoms with E-state index in [1.54, 1.807) is 12.1 Å². The molecular formula is C26H38NO7P. The number of phosphoric ester groups is 1. The zero-order valence-corrected chi connectivity index (χ0v) is 22.3. The van der Waals surface area contributed by atoms with Crippen LogP contribution in [0.4, 0.5) is 0 Å². The standard InChI is InChI=1S/C26H38NO7P/c1-7-8-19-14-22(28)25(21-13-18(4)9-10-20(21)17(2)3)23(15-19)33-26(29)24-16-32-35(30,34-24)31-12-11-27(5)6/h13-15,20-21,24,28H,2,7-12,16H2,1,3-6H3/t20-,21+,24?,35?/m0/s1. The molecule has 35 heavy (non-hydrogen) atoms. The second-order valence-electron chi connectivity index (χ2n) is 9.70. The fourth-order valence-electron chi connectivity index (χ4n) is 4.49. The summed E-state index contributed by atoms with van der Waals surface area (Å²) in [6, 6.07) is 3.54. The maximum absolute atomic E-state index is 13.1. The lowest BCUT2D eigenvalue weighted by molar-refractivity contribution is -0.141. The molecule has 0 saturated carbocycles. The first kappa shape index (κ1) is 27.6. The van der Waals surface area contributed by atoms with E-state index < -0.39 is 19.9 Å². The second-order valence-corrected chi connectivity index (χ2v) is 11.3. The lowest BCUT2D eigenvalue weighted by Crippen LogP contribution is -2.28. The van der Waals surface area contributed by atoms with E-state index in [2.05, 4.69) is 19.6 Å². The van der Waals surface area contributed by atoms with Gasteiger partial charge in [-0.1, -0.05) is 37.1 Å². The number of benzene rings is 1. The van der Waals surface area contributed by atoms with E-state index in [4.69, 9.17) is 18.3 Å². The number of aryl methyl sites for hydroxylation is 1. The van der Waals surface area contributed by atoms with Gasteiger partial charge < -0.3 is 14.7 Å². The number of likely N-dealkylation sites (N-methyl/N-ethyl adjacent to an activating group) is 1. The Morgan fingerprint density at radius 2 is 2.09 bits per heavy atom. The maximum Gasteiger partial charge on any atom is 0.475 e. The molecule has 0 bridgehead atoms. The van der Waals surface area contributed by atoms with Gasteiger partial charge in [0.1, 0.15) is 11.5 Å². The molecule has 0 radical (unpaired) electrons. The van der Waals surface area contributed by atoms with Crippen LogP contribution < -0.4 is 4.74 Å². The summed E-state index contributed by atoms with van der Waals surface area (Å²) in [6.45, 7) is 10.7. The number of nitrogens with zero attached hydrogens (tertiary/aromatic N) is 1. The summed E-state index contributed by atoms with van der Waals surface area (Å²) in [5, 5.41) is 11.1. The molecule has 1 aliphatic carbocycles. The number of phenolic OH excluding ortho intramolecular Hbond substituents is 1. The van der Waals surface area contributed by atoms with Gasteiger partial charge in [-0.15, -0.1) is 0 Å². The van der Waals surface area contributed by atoms with Crippen molar-refractivity contribution in [1.29, 1.82) is 0 Å². The number of allylic oxidation sites excluding steroid dienone is 3. The van der Waals surface area contributed by atoms with Gasteiger partial charge in [0.05, 0.1) is 13.2 Å². The number of ether oxygens (including phenoxy) is 1. The van der Waals surface area contributed by atoms with Crippen LogP contribution in [0.1, 0.15) is 57.1 Å². The fourth-order valence-corrected chi connectivity index (χ4v) is 5.77. The van der Waals surface area contributed by atoms with E-state index in [0.717, 1.165) is 36.8 Å². The number of carbonyl (C=O) groups excluding carboxylic acids is 1. The van der Waals surface area contributed by atoms with Crippen molar-refractivity contribution in [3.05, 3.63) is 47.1 Å². The molecule has 0 aromatic heterocycles. The van der Waals surface area contributed by atoms with Gasteiger partial charge in [0, 0.05) is 18.0 Å². The van der Waals surface area contributed by atoms with Gasteiger partial charge in [-0.3, -0.25) is 13.6 Å². The second kappa shape index (κ2) is 11.8. The molecule has 2 unspecified atom stereocenters. The lowest BCUT2D eigenvalue weighted by atomic mass is 9.73. The molecule has 1 fully saturated rings. The molecule has 0 amide bonds. The first-order valence-corrected chi connectivity index (χ1v) is 13.6. The molecule has 1 saturated heterocycles. The Kier molecular flexibility index (Phi) is 9.35. The van der Waals surface area contributed by atoms with Crippen LogP contribution in [0.3, 0.4) is 0 Å². The van der Waals surface area contributed by atoms with Crippen LogP contribution >= 0.6 is 7.82 Å². The minimum absolute atomic E-state index is 0.0854. The molecular weight excluding hydrogens is 469 g/mol. The summed E-state index contributed by atoms with van der Waals surface area (Å²) >= 11 is 0. The molecule has 3 rings (SSSR count). The van der Waals surface area contributed by atoms with Crippen molar-refractivity contribution in [2.75, 3.05) is 33.9 Å². The van der Waals surface area contributed by atoms with Crippen molar-refractivity contribution in [3.8, 4) is 11.5 Å². The van der Waals surface area contributed by atoms with E-state index in [-0.39, 0.29) is 36.5 Å². The summed E-state index contributed by atoms with van der Waals surface area (Å²) in [6.07, 6.45) is 4.38. The van der Waals surface area contributed by atoms with Crippen LogP contribution in [0.2, 0.25) is 0 Å². The normalized spacial score (nSPS) is 26.6. The van der Waals surface area contributed by atoms with Crippen molar-refractivity contribution in [2.24, 2.45) is 5.92 Å². The van der Waals surface area contributed by atoms with Crippen LogP contribution in [-0.2, 0) is 29.4 Å². The van der Waals surface area contributed by atoms with Crippen molar-refractivity contribution in [1.82, 2.24) is 4.90 Å². The highest BCUT2D eigenvalue weighted by Crippen LogP contribution is 2.55. The summed E-state index contributed by atoms with van der Waals surface area (Å²) < 4.78 is 34.3. The Morgan fingerprint density at radius 1 is 1.34 bits per heavy atom. The quantitative estimate of drug-likeness (QED) is 0.196. The smallest absolute Gasteiger partial charge is 0.475 e. The highest BCUT2D eigenvalue weighted by molar-refractivity contribution is 7.48. The molecule has 8 nitrogen and oxygen atoms in total. The van der Waals surface area contributed by atoms with E-state index in [1.165, 1.54) is 5.57 Å². The predicted molar refractivity (Wildman–Crippen MR) is 135 cm³/mol. The van der Waals surface area contributed by atoms with E-state index in [0.29, 0.717) is 12.1 Å². The number of phosphoric acid groups is 1. The van der Waals surface area contributed by atoms with E-state index in [1.807, 2.05) is 32.8 Å².